The Labute approximate surface area is 88.8 Å². The molecule has 6 nitrogen and oxygen atoms in total. The number of halogens is 1. The van der Waals surface area contributed by atoms with Crippen LogP contribution in [-0.2, 0) is 10.2 Å². The summed E-state index contributed by atoms with van der Waals surface area (Å²) in [5.74, 6) is 0.209. The molecule has 0 fully saturated rings. The molecule has 0 unspecified atom stereocenters. The molecule has 1 aromatic heterocycles. The average Bonchev–Trinajstić information content (AvgIpc) is 2.07. The quantitative estimate of drug-likeness (QED) is 0.754. The number of nitrogens with one attached hydrogen (secondary N) is 1. The topological polar surface area (TPSA) is 84.3 Å². The molecule has 0 bridgehead atoms. The van der Waals surface area contributed by atoms with Crippen LogP contribution in [0.25, 0.3) is 0 Å². The lowest BCUT2D eigenvalue weighted by Crippen LogP contribution is -2.18. The van der Waals surface area contributed by atoms with Crippen molar-refractivity contribution in [3.05, 3.63) is 16.0 Å². The lowest BCUT2D eigenvalue weighted by molar-refractivity contribution is 0.602. The Morgan fingerprint density at radius 3 is 2.86 bits per heavy atom. The van der Waals surface area contributed by atoms with Crippen molar-refractivity contribution in [3.63, 3.8) is 0 Å². The van der Waals surface area contributed by atoms with Gasteiger partial charge in [0.05, 0.1) is 11.9 Å². The zero-order chi connectivity index (χ0) is 10.3. The zero-order valence-corrected chi connectivity index (χ0v) is 9.42. The Hall–Kier alpha value is -1.02. The van der Waals surface area contributed by atoms with Gasteiger partial charge in [-0.2, -0.15) is 12.8 Å². The van der Waals surface area contributed by atoms with E-state index in [0.29, 0.717) is 16.0 Å². The fourth-order valence-corrected chi connectivity index (χ4v) is 1.91. The lowest BCUT2D eigenvalue weighted by atomic mass is 10.4. The molecule has 1 aromatic rings. The largest absolute Gasteiger partial charge is 0.343 e. The Bertz CT molecular complexity index is 525. The maximum absolute atomic E-state index is 11.0. The molecule has 2 rings (SSSR count). The van der Waals surface area contributed by atoms with E-state index in [1.807, 2.05) is 0 Å². The molecular formula is C6H5BrN4O2S. The second-order valence-corrected chi connectivity index (χ2v) is 4.76. The normalized spacial score (nSPS) is 17.3. The summed E-state index contributed by atoms with van der Waals surface area (Å²) in [7, 11) is -3.62. The SMILES string of the molecule is Cc1nc2c(nc1Br)C=NS(=O)(=O)N2. The van der Waals surface area contributed by atoms with Gasteiger partial charge in [-0.3, -0.25) is 0 Å². The summed E-state index contributed by atoms with van der Waals surface area (Å²) in [5, 5.41) is 0. The van der Waals surface area contributed by atoms with Gasteiger partial charge < -0.3 is 0 Å². The summed E-state index contributed by atoms with van der Waals surface area (Å²) in [6, 6.07) is 0. The fraction of sp³-hybridized carbons (Fsp3) is 0.167. The molecule has 14 heavy (non-hydrogen) atoms. The third-order valence-electron chi connectivity index (χ3n) is 1.58. The van der Waals surface area contributed by atoms with Crippen molar-refractivity contribution in [2.24, 2.45) is 4.40 Å². The van der Waals surface area contributed by atoms with Crippen LogP contribution in [0, 0.1) is 6.92 Å². The molecule has 0 saturated heterocycles. The van der Waals surface area contributed by atoms with Gasteiger partial charge >= 0.3 is 10.2 Å². The maximum atomic E-state index is 11.0. The van der Waals surface area contributed by atoms with Crippen molar-refractivity contribution in [2.75, 3.05) is 4.72 Å². The van der Waals surface area contributed by atoms with Crippen LogP contribution in [0.1, 0.15) is 11.4 Å². The molecule has 0 spiro atoms. The molecule has 0 atom stereocenters. The second kappa shape index (κ2) is 2.99. The molecule has 74 valence electrons. The summed E-state index contributed by atoms with van der Waals surface area (Å²) in [6.45, 7) is 1.72. The minimum absolute atomic E-state index is 0.209. The second-order valence-electron chi connectivity index (χ2n) is 2.65. The van der Waals surface area contributed by atoms with Crippen LogP contribution in [0.4, 0.5) is 5.82 Å². The van der Waals surface area contributed by atoms with Gasteiger partial charge in [-0.1, -0.05) is 0 Å². The number of hydrogen-bond donors (Lipinski definition) is 1. The minimum Gasteiger partial charge on any atom is -0.247 e. The summed E-state index contributed by atoms with van der Waals surface area (Å²) < 4.78 is 28.1. The highest BCUT2D eigenvalue weighted by Gasteiger charge is 2.19. The van der Waals surface area contributed by atoms with Crippen LogP contribution in [0.3, 0.4) is 0 Å². The molecule has 2 heterocycles. The van der Waals surface area contributed by atoms with E-state index >= 15 is 0 Å². The monoisotopic (exact) mass is 276 g/mol. The molecule has 0 aromatic carbocycles. The lowest BCUT2D eigenvalue weighted by Gasteiger charge is -2.11. The maximum Gasteiger partial charge on any atom is 0.343 e. The Morgan fingerprint density at radius 2 is 2.14 bits per heavy atom. The van der Waals surface area contributed by atoms with Crippen molar-refractivity contribution in [1.82, 2.24) is 9.97 Å². The van der Waals surface area contributed by atoms with Crippen molar-refractivity contribution < 1.29 is 8.42 Å². The summed E-state index contributed by atoms with van der Waals surface area (Å²) in [5.41, 5.74) is 1.01. The first kappa shape index (κ1) is 9.53. The van der Waals surface area contributed by atoms with Gasteiger partial charge in [0, 0.05) is 0 Å². The van der Waals surface area contributed by atoms with Gasteiger partial charge in [0.25, 0.3) is 0 Å². The third-order valence-corrected chi connectivity index (χ3v) is 3.16. The number of rotatable bonds is 0. The van der Waals surface area contributed by atoms with E-state index < -0.39 is 10.2 Å². The van der Waals surface area contributed by atoms with Crippen LogP contribution >= 0.6 is 15.9 Å². The van der Waals surface area contributed by atoms with E-state index in [4.69, 9.17) is 0 Å². The molecule has 1 aliphatic heterocycles. The number of nitrogens with zero attached hydrogens (tertiary/aromatic N) is 3. The van der Waals surface area contributed by atoms with Crippen LogP contribution in [0.2, 0.25) is 0 Å². The van der Waals surface area contributed by atoms with Gasteiger partial charge in [-0.15, -0.1) is 0 Å². The molecule has 1 aliphatic rings. The van der Waals surface area contributed by atoms with Crippen LogP contribution in [0.15, 0.2) is 9.00 Å². The van der Waals surface area contributed by atoms with E-state index in [1.54, 1.807) is 6.92 Å². The fourth-order valence-electron chi connectivity index (χ4n) is 0.944. The summed E-state index contributed by atoms with van der Waals surface area (Å²) in [6.07, 6.45) is 1.17. The van der Waals surface area contributed by atoms with Crippen molar-refractivity contribution in [2.45, 2.75) is 6.92 Å². The highest BCUT2D eigenvalue weighted by molar-refractivity contribution is 9.10. The predicted octanol–water partition coefficient (Wildman–Crippen LogP) is 0.637. The Kier molecular flexibility index (Phi) is 2.04. The van der Waals surface area contributed by atoms with Crippen molar-refractivity contribution >= 4 is 38.2 Å². The van der Waals surface area contributed by atoms with Gasteiger partial charge in [-0.25, -0.2) is 14.7 Å². The van der Waals surface area contributed by atoms with Gasteiger partial charge in [0.15, 0.2) is 5.82 Å². The number of aryl methyl sites for hydroxylation is 1. The van der Waals surface area contributed by atoms with Crippen LogP contribution in [-0.4, -0.2) is 24.6 Å². The van der Waals surface area contributed by atoms with Gasteiger partial charge in [0.2, 0.25) is 0 Å². The number of anilines is 1. The summed E-state index contributed by atoms with van der Waals surface area (Å²) in [4.78, 5) is 8.07. The van der Waals surface area contributed by atoms with E-state index in [2.05, 4.69) is 35.0 Å². The molecule has 8 heteroatoms. The molecule has 0 saturated carbocycles. The Balaban J connectivity index is 2.63. The predicted molar refractivity (Wildman–Crippen MR) is 54.6 cm³/mol. The standard InChI is InChI=1S/C6H5BrN4O2S/c1-3-5(7)10-4-2-8-14(12,13)11-6(4)9-3/h2H,1H3,(H,9,11). The van der Waals surface area contributed by atoms with Crippen molar-refractivity contribution in [3.8, 4) is 0 Å². The average molecular weight is 277 g/mol. The molecule has 1 N–H and O–H groups in total. The first-order valence-electron chi connectivity index (χ1n) is 3.60. The zero-order valence-electron chi connectivity index (χ0n) is 7.02. The van der Waals surface area contributed by atoms with Crippen LogP contribution in [0.5, 0.6) is 0 Å². The molecule has 0 aliphatic carbocycles. The molecule has 0 amide bonds. The van der Waals surface area contributed by atoms with E-state index in [9.17, 15) is 8.42 Å². The van der Waals surface area contributed by atoms with E-state index in [0.717, 1.165) is 0 Å². The number of fused-ring (bicyclic) bond motifs is 1. The van der Waals surface area contributed by atoms with Gasteiger partial charge in [0.1, 0.15) is 10.3 Å². The smallest absolute Gasteiger partial charge is 0.247 e. The highest BCUT2D eigenvalue weighted by Crippen LogP contribution is 2.20. The molecule has 0 radical (unpaired) electrons. The highest BCUT2D eigenvalue weighted by atomic mass is 79.9. The number of hydrogen-bond acceptors (Lipinski definition) is 4. The minimum atomic E-state index is -3.62. The first-order valence-corrected chi connectivity index (χ1v) is 5.83. The Morgan fingerprint density at radius 1 is 1.43 bits per heavy atom. The first-order chi connectivity index (χ1) is 6.48. The van der Waals surface area contributed by atoms with E-state index in [-0.39, 0.29) is 5.82 Å². The third kappa shape index (κ3) is 1.62. The molecular weight excluding hydrogens is 272 g/mol. The summed E-state index contributed by atoms with van der Waals surface area (Å²) >= 11 is 3.19. The van der Waals surface area contributed by atoms with Crippen molar-refractivity contribution in [1.29, 1.82) is 0 Å². The number of aromatic nitrogens is 2. The van der Waals surface area contributed by atoms with Gasteiger partial charge in [-0.05, 0) is 22.9 Å². The van der Waals surface area contributed by atoms with E-state index in [1.165, 1.54) is 6.21 Å². The van der Waals surface area contributed by atoms with Crippen LogP contribution < -0.4 is 4.72 Å².